The molecule has 0 saturated heterocycles. The molecule has 0 unspecified atom stereocenters. The number of ether oxygens (including phenoxy) is 2. The Balaban J connectivity index is 2.28. The number of nitro benzene ring substituents is 1. The molecule has 28 heavy (non-hydrogen) atoms. The number of benzene rings is 2. The predicted octanol–water partition coefficient (Wildman–Crippen LogP) is 6.18. The number of alkyl halides is 4. The summed E-state index contributed by atoms with van der Waals surface area (Å²) in [5, 5.41) is 11.1. The van der Waals surface area contributed by atoms with Gasteiger partial charge in [-0.3, -0.25) is 10.1 Å². The van der Waals surface area contributed by atoms with Gasteiger partial charge in [0.25, 0.3) is 5.69 Å². The molecule has 150 valence electrons. The molecule has 0 aromatic heterocycles. The van der Waals surface area contributed by atoms with Crippen LogP contribution in [0, 0.1) is 10.1 Å². The van der Waals surface area contributed by atoms with Gasteiger partial charge in [-0.25, -0.2) is 0 Å². The van der Waals surface area contributed by atoms with Gasteiger partial charge in [0.15, 0.2) is 5.05 Å². The summed E-state index contributed by atoms with van der Waals surface area (Å²) >= 11 is 16.4. The fourth-order valence-electron chi connectivity index (χ4n) is 2.19. The van der Waals surface area contributed by atoms with E-state index in [1.165, 1.54) is 18.2 Å². The van der Waals surface area contributed by atoms with Crippen molar-refractivity contribution in [3.05, 3.63) is 62.7 Å². The Morgan fingerprint density at radius 3 is 2.50 bits per heavy atom. The molecule has 2 rings (SSSR count). The lowest BCUT2D eigenvalue weighted by Gasteiger charge is -2.12. The summed E-state index contributed by atoms with van der Waals surface area (Å²) in [6.45, 7) is 0.158. The van der Waals surface area contributed by atoms with Crippen molar-refractivity contribution in [3.63, 3.8) is 0 Å². The molecule has 0 aliphatic carbocycles. The summed E-state index contributed by atoms with van der Waals surface area (Å²) in [5.74, 6) is 0.315. The van der Waals surface area contributed by atoms with E-state index in [9.17, 15) is 23.3 Å². The zero-order valence-electron chi connectivity index (χ0n) is 14.0. The minimum atomic E-state index is -4.54. The third-order valence-corrected chi connectivity index (χ3v) is 4.12. The maximum absolute atomic E-state index is 12.7. The van der Waals surface area contributed by atoms with Crippen LogP contribution in [-0.2, 0) is 17.3 Å². The minimum Gasteiger partial charge on any atom is -0.485 e. The van der Waals surface area contributed by atoms with Crippen molar-refractivity contribution in [2.24, 2.45) is 0 Å². The Morgan fingerprint density at radius 1 is 1.21 bits per heavy atom. The van der Waals surface area contributed by atoms with Gasteiger partial charge in [0, 0.05) is 18.1 Å². The SMILES string of the molecule is O=[N+]([O-])c1ccc(Oc2ccc(C(F)(F)F)cc2Cl)cc1CC(=S)OCCCl. The number of rotatable bonds is 7. The maximum Gasteiger partial charge on any atom is 0.416 e. The molecule has 2 aromatic rings. The normalized spacial score (nSPS) is 11.2. The van der Waals surface area contributed by atoms with Crippen LogP contribution < -0.4 is 4.74 Å². The summed E-state index contributed by atoms with van der Waals surface area (Å²) in [4.78, 5) is 10.6. The van der Waals surface area contributed by atoms with Gasteiger partial charge in [0.2, 0.25) is 0 Å². The molecule has 2 aromatic carbocycles. The predicted molar refractivity (Wildman–Crippen MR) is 103 cm³/mol. The number of thiocarbonyl (C=S) groups is 1. The van der Waals surface area contributed by atoms with Crippen LogP contribution in [0.4, 0.5) is 18.9 Å². The Labute approximate surface area is 173 Å². The summed E-state index contributed by atoms with van der Waals surface area (Å²) in [7, 11) is 0. The van der Waals surface area contributed by atoms with Gasteiger partial charge >= 0.3 is 6.18 Å². The van der Waals surface area contributed by atoms with E-state index >= 15 is 0 Å². The second-order valence-corrected chi connectivity index (χ2v) is 6.62. The van der Waals surface area contributed by atoms with Crippen molar-refractivity contribution >= 4 is 46.2 Å². The third-order valence-electron chi connectivity index (χ3n) is 3.41. The standard InChI is InChI=1S/C17H12Cl2F3NO4S/c18-5-6-26-16(28)8-10-7-12(2-3-14(10)23(24)25)27-15-4-1-11(9-13(15)19)17(20,21)22/h1-4,7,9H,5-6,8H2. The van der Waals surface area contributed by atoms with Crippen LogP contribution in [0.1, 0.15) is 11.1 Å². The maximum atomic E-state index is 12.7. The van der Waals surface area contributed by atoms with Crippen molar-refractivity contribution in [3.8, 4) is 11.5 Å². The lowest BCUT2D eigenvalue weighted by molar-refractivity contribution is -0.385. The fraction of sp³-hybridized carbons (Fsp3) is 0.235. The smallest absolute Gasteiger partial charge is 0.416 e. The van der Waals surface area contributed by atoms with Crippen LogP contribution in [0.5, 0.6) is 11.5 Å². The van der Waals surface area contributed by atoms with E-state index in [4.69, 9.17) is 44.9 Å². The van der Waals surface area contributed by atoms with E-state index in [2.05, 4.69) is 0 Å². The molecule has 5 nitrogen and oxygen atoms in total. The highest BCUT2D eigenvalue weighted by Crippen LogP contribution is 2.37. The Bertz CT molecular complexity index is 893. The number of hydrogen-bond acceptors (Lipinski definition) is 5. The zero-order chi connectivity index (χ0) is 20.9. The van der Waals surface area contributed by atoms with E-state index in [0.29, 0.717) is 0 Å². The van der Waals surface area contributed by atoms with E-state index in [1.807, 2.05) is 0 Å². The van der Waals surface area contributed by atoms with Gasteiger partial charge in [-0.2, -0.15) is 13.2 Å². The van der Waals surface area contributed by atoms with Crippen molar-refractivity contribution < 1.29 is 27.6 Å². The molecule has 0 saturated carbocycles. The number of hydrogen-bond donors (Lipinski definition) is 0. The molecular weight excluding hydrogens is 442 g/mol. The molecule has 0 N–H and O–H groups in total. The van der Waals surface area contributed by atoms with Crippen LogP contribution in [0.15, 0.2) is 36.4 Å². The van der Waals surface area contributed by atoms with Crippen LogP contribution in [0.3, 0.4) is 0 Å². The van der Waals surface area contributed by atoms with Gasteiger partial charge in [0.1, 0.15) is 18.1 Å². The second-order valence-electron chi connectivity index (χ2n) is 5.38. The highest BCUT2D eigenvalue weighted by molar-refractivity contribution is 7.80. The molecule has 0 aliphatic heterocycles. The van der Waals surface area contributed by atoms with Crippen molar-refractivity contribution in [2.45, 2.75) is 12.6 Å². The molecule has 0 aliphatic rings. The topological polar surface area (TPSA) is 61.6 Å². The zero-order valence-corrected chi connectivity index (χ0v) is 16.3. The quantitative estimate of drug-likeness (QED) is 0.216. The summed E-state index contributed by atoms with van der Waals surface area (Å²) in [6.07, 6.45) is -4.58. The monoisotopic (exact) mass is 453 g/mol. The first kappa shape index (κ1) is 22.2. The average molecular weight is 454 g/mol. The minimum absolute atomic E-state index is 0.0320. The molecule has 0 bridgehead atoms. The van der Waals surface area contributed by atoms with E-state index in [-0.39, 0.29) is 51.7 Å². The first-order valence-corrected chi connectivity index (χ1v) is 8.97. The Morgan fingerprint density at radius 2 is 1.93 bits per heavy atom. The fourth-order valence-corrected chi connectivity index (χ4v) is 2.73. The van der Waals surface area contributed by atoms with Crippen molar-refractivity contribution in [2.75, 3.05) is 12.5 Å². The lowest BCUT2D eigenvalue weighted by Crippen LogP contribution is -2.09. The highest BCUT2D eigenvalue weighted by atomic mass is 35.5. The lowest BCUT2D eigenvalue weighted by atomic mass is 10.1. The van der Waals surface area contributed by atoms with Gasteiger partial charge in [-0.1, -0.05) is 11.6 Å². The van der Waals surface area contributed by atoms with Gasteiger partial charge < -0.3 is 9.47 Å². The second kappa shape index (κ2) is 9.40. The molecule has 0 heterocycles. The number of nitrogens with zero attached hydrogens (tertiary/aromatic N) is 1. The first-order valence-electron chi connectivity index (χ1n) is 7.65. The van der Waals surface area contributed by atoms with Crippen LogP contribution >= 0.6 is 35.4 Å². The first-order chi connectivity index (χ1) is 13.1. The van der Waals surface area contributed by atoms with Gasteiger partial charge in [-0.15, -0.1) is 11.6 Å². The molecule has 0 radical (unpaired) electrons. The molecule has 0 atom stereocenters. The van der Waals surface area contributed by atoms with Gasteiger partial charge in [0.05, 0.1) is 21.4 Å². The van der Waals surface area contributed by atoms with Gasteiger partial charge in [-0.05, 0) is 42.5 Å². The van der Waals surface area contributed by atoms with E-state index < -0.39 is 16.7 Å². The molecule has 11 heteroatoms. The summed E-state index contributed by atoms with van der Waals surface area (Å²) < 4.78 is 48.8. The van der Waals surface area contributed by atoms with Crippen LogP contribution in [0.25, 0.3) is 0 Å². The van der Waals surface area contributed by atoms with Crippen molar-refractivity contribution in [1.82, 2.24) is 0 Å². The summed E-state index contributed by atoms with van der Waals surface area (Å²) in [5.41, 5.74) is -0.913. The third kappa shape index (κ3) is 5.95. The van der Waals surface area contributed by atoms with Crippen LogP contribution in [0.2, 0.25) is 5.02 Å². The number of halogens is 5. The van der Waals surface area contributed by atoms with E-state index in [1.54, 1.807) is 0 Å². The molecule has 0 spiro atoms. The Kier molecular flexibility index (Phi) is 7.45. The Hall–Kier alpha value is -2.10. The molecule has 0 amide bonds. The van der Waals surface area contributed by atoms with Crippen LogP contribution in [-0.4, -0.2) is 22.5 Å². The van der Waals surface area contributed by atoms with E-state index in [0.717, 1.165) is 18.2 Å². The number of nitro groups is 1. The molecular formula is C17H12Cl2F3NO4S. The summed E-state index contributed by atoms with van der Waals surface area (Å²) in [6, 6.07) is 6.48. The highest BCUT2D eigenvalue weighted by Gasteiger charge is 2.31. The average Bonchev–Trinajstić information content (AvgIpc) is 2.60. The molecule has 0 fully saturated rings. The van der Waals surface area contributed by atoms with Crippen molar-refractivity contribution in [1.29, 1.82) is 0 Å². The largest absolute Gasteiger partial charge is 0.485 e.